The molecule has 0 spiro atoms. The molecule has 2 heteroatoms. The molecule has 10 aromatic rings. The van der Waals surface area contributed by atoms with E-state index < -0.39 is 0 Å². The lowest BCUT2D eigenvalue weighted by Gasteiger charge is -2.15. The first-order chi connectivity index (χ1) is 24.8. The summed E-state index contributed by atoms with van der Waals surface area (Å²) < 4.78 is 4.81. The third-order valence-electron chi connectivity index (χ3n) is 10.1. The second-order valence-corrected chi connectivity index (χ2v) is 12.9. The van der Waals surface area contributed by atoms with Crippen LogP contribution in [0.3, 0.4) is 0 Å². The maximum Gasteiger partial charge on any atom is 0.0547 e. The van der Waals surface area contributed by atoms with Gasteiger partial charge in [0.15, 0.2) is 0 Å². The van der Waals surface area contributed by atoms with E-state index in [-0.39, 0.29) is 0 Å². The Morgan fingerprint density at radius 3 is 1.36 bits per heavy atom. The molecule has 10 rings (SSSR count). The lowest BCUT2D eigenvalue weighted by molar-refractivity contribution is 1.18. The predicted octanol–water partition coefficient (Wildman–Crippen LogP) is 12.9. The molecule has 0 radical (unpaired) electrons. The van der Waals surface area contributed by atoms with Crippen LogP contribution < -0.4 is 0 Å². The Labute approximate surface area is 290 Å². The Kier molecular flexibility index (Phi) is 6.53. The average molecular weight is 637 g/mol. The first-order valence-corrected chi connectivity index (χ1v) is 17.2. The minimum Gasteiger partial charge on any atom is -0.309 e. The molecule has 2 nitrogen and oxygen atoms in total. The number of aromatic nitrogens is 2. The van der Waals surface area contributed by atoms with Crippen molar-refractivity contribution in [1.29, 1.82) is 0 Å². The molecule has 0 aliphatic carbocycles. The summed E-state index contributed by atoms with van der Waals surface area (Å²) in [6, 6.07) is 70.3. The Hall–Kier alpha value is -6.64. The van der Waals surface area contributed by atoms with Gasteiger partial charge < -0.3 is 9.13 Å². The highest BCUT2D eigenvalue weighted by molar-refractivity contribution is 6.16. The molecule has 0 atom stereocenters. The molecule has 0 unspecified atom stereocenters. The normalized spacial score (nSPS) is 11.6. The second-order valence-electron chi connectivity index (χ2n) is 12.9. The van der Waals surface area contributed by atoms with E-state index in [0.29, 0.717) is 0 Å². The number of nitrogens with zero attached hydrogens (tertiary/aromatic N) is 2. The molecular weight excluding hydrogens is 605 g/mol. The summed E-state index contributed by atoms with van der Waals surface area (Å²) in [5, 5.41) is 5.06. The molecule has 50 heavy (non-hydrogen) atoms. The van der Waals surface area contributed by atoms with Crippen LogP contribution in [0.25, 0.3) is 88.4 Å². The highest BCUT2D eigenvalue weighted by Gasteiger charge is 2.18. The van der Waals surface area contributed by atoms with Crippen LogP contribution in [0.2, 0.25) is 0 Å². The minimum absolute atomic E-state index is 1.15. The maximum atomic E-state index is 2.43. The van der Waals surface area contributed by atoms with E-state index in [1.165, 1.54) is 77.0 Å². The van der Waals surface area contributed by atoms with E-state index in [0.717, 1.165) is 11.4 Å². The molecule has 0 N–H and O–H groups in total. The van der Waals surface area contributed by atoms with Crippen molar-refractivity contribution in [2.45, 2.75) is 0 Å². The first-order valence-electron chi connectivity index (χ1n) is 17.2. The minimum atomic E-state index is 1.15. The zero-order valence-electron chi connectivity index (χ0n) is 27.4. The van der Waals surface area contributed by atoms with Crippen LogP contribution in [-0.2, 0) is 0 Å². The Balaban J connectivity index is 1.15. The third-order valence-corrected chi connectivity index (χ3v) is 10.1. The van der Waals surface area contributed by atoms with Gasteiger partial charge in [-0.1, -0.05) is 146 Å². The highest BCUT2D eigenvalue weighted by atomic mass is 15.0. The molecule has 0 amide bonds. The molecule has 2 heterocycles. The van der Waals surface area contributed by atoms with Crippen LogP contribution in [0.5, 0.6) is 0 Å². The van der Waals surface area contributed by atoms with E-state index in [1.54, 1.807) is 0 Å². The van der Waals surface area contributed by atoms with Crippen molar-refractivity contribution in [2.24, 2.45) is 0 Å². The Bertz CT molecular complexity index is 2790. The van der Waals surface area contributed by atoms with Gasteiger partial charge in [-0.15, -0.1) is 0 Å². The van der Waals surface area contributed by atoms with Gasteiger partial charge in [0.25, 0.3) is 0 Å². The lowest BCUT2D eigenvalue weighted by atomic mass is 9.94. The zero-order chi connectivity index (χ0) is 33.0. The number of benzene rings is 8. The molecule has 2 aromatic heterocycles. The molecule has 0 bridgehead atoms. The number of hydrogen-bond acceptors (Lipinski definition) is 0. The van der Waals surface area contributed by atoms with Crippen LogP contribution in [0, 0.1) is 0 Å². The van der Waals surface area contributed by atoms with E-state index >= 15 is 0 Å². The second kappa shape index (κ2) is 11.5. The summed E-state index contributed by atoms with van der Waals surface area (Å²) in [5.41, 5.74) is 14.4. The van der Waals surface area contributed by atoms with Gasteiger partial charge in [-0.25, -0.2) is 0 Å². The number of rotatable bonds is 5. The smallest absolute Gasteiger partial charge is 0.0547 e. The first kappa shape index (κ1) is 28.4. The Morgan fingerprint density at radius 2 is 0.720 bits per heavy atom. The van der Waals surface area contributed by atoms with Crippen LogP contribution in [0.4, 0.5) is 0 Å². The standard InChI is InChI=1S/C48H32N2/c1-3-14-33(15-4-1)38-31-30-37(32-43(38)34-16-5-2-6-17-34)50-46-24-12-9-20-42(46)48-39(21-13-25-47(48)50)35-26-28-36(29-27-35)49-44-22-10-7-18-40(44)41-19-8-11-23-45(41)49/h1-32H. The molecule has 0 saturated carbocycles. The Morgan fingerprint density at radius 1 is 0.260 bits per heavy atom. The third kappa shape index (κ3) is 4.43. The number of fused-ring (bicyclic) bond motifs is 6. The molecule has 0 aliphatic heterocycles. The number of hydrogen-bond donors (Lipinski definition) is 0. The van der Waals surface area contributed by atoms with Crippen molar-refractivity contribution in [1.82, 2.24) is 9.13 Å². The number of para-hydroxylation sites is 3. The van der Waals surface area contributed by atoms with Crippen LogP contribution in [0.15, 0.2) is 194 Å². The van der Waals surface area contributed by atoms with E-state index in [9.17, 15) is 0 Å². The molecule has 0 aliphatic rings. The van der Waals surface area contributed by atoms with Gasteiger partial charge in [-0.3, -0.25) is 0 Å². The van der Waals surface area contributed by atoms with Crippen molar-refractivity contribution in [2.75, 3.05) is 0 Å². The summed E-state index contributed by atoms with van der Waals surface area (Å²) in [7, 11) is 0. The zero-order valence-corrected chi connectivity index (χ0v) is 27.4. The van der Waals surface area contributed by atoms with Crippen LogP contribution in [-0.4, -0.2) is 9.13 Å². The average Bonchev–Trinajstić information content (AvgIpc) is 3.72. The van der Waals surface area contributed by atoms with E-state index in [2.05, 4.69) is 203 Å². The van der Waals surface area contributed by atoms with Gasteiger partial charge in [0.1, 0.15) is 0 Å². The van der Waals surface area contributed by atoms with Crippen molar-refractivity contribution in [3.8, 4) is 44.8 Å². The molecule has 234 valence electrons. The quantitative estimate of drug-likeness (QED) is 0.178. The van der Waals surface area contributed by atoms with Gasteiger partial charge in [0, 0.05) is 32.9 Å². The van der Waals surface area contributed by atoms with Crippen molar-refractivity contribution in [3.05, 3.63) is 194 Å². The monoisotopic (exact) mass is 636 g/mol. The van der Waals surface area contributed by atoms with Crippen LogP contribution >= 0.6 is 0 Å². The summed E-state index contributed by atoms with van der Waals surface area (Å²) in [4.78, 5) is 0. The lowest BCUT2D eigenvalue weighted by Crippen LogP contribution is -1.96. The van der Waals surface area contributed by atoms with Gasteiger partial charge in [0.05, 0.1) is 22.1 Å². The van der Waals surface area contributed by atoms with Gasteiger partial charge in [-0.05, 0) is 81.9 Å². The summed E-state index contributed by atoms with van der Waals surface area (Å²) in [6.07, 6.45) is 0. The topological polar surface area (TPSA) is 9.86 Å². The fourth-order valence-electron chi connectivity index (χ4n) is 7.93. The molecular formula is C48H32N2. The van der Waals surface area contributed by atoms with Crippen molar-refractivity contribution >= 4 is 43.6 Å². The SMILES string of the molecule is c1ccc(-c2ccc(-n3c4ccccc4c4c(-c5ccc(-n6c7ccccc7c7ccccc76)cc5)cccc43)cc2-c2ccccc2)cc1. The fraction of sp³-hybridized carbons (Fsp3) is 0. The van der Waals surface area contributed by atoms with Gasteiger partial charge in [-0.2, -0.15) is 0 Å². The maximum absolute atomic E-state index is 2.43. The largest absolute Gasteiger partial charge is 0.309 e. The van der Waals surface area contributed by atoms with E-state index in [1.807, 2.05) is 0 Å². The van der Waals surface area contributed by atoms with Crippen molar-refractivity contribution in [3.63, 3.8) is 0 Å². The summed E-state index contributed by atoms with van der Waals surface area (Å²) in [6.45, 7) is 0. The summed E-state index contributed by atoms with van der Waals surface area (Å²) >= 11 is 0. The molecule has 0 fully saturated rings. The van der Waals surface area contributed by atoms with Gasteiger partial charge >= 0.3 is 0 Å². The van der Waals surface area contributed by atoms with Gasteiger partial charge in [0.2, 0.25) is 0 Å². The van der Waals surface area contributed by atoms with Crippen LogP contribution in [0.1, 0.15) is 0 Å². The van der Waals surface area contributed by atoms with Crippen molar-refractivity contribution < 1.29 is 0 Å². The fourth-order valence-corrected chi connectivity index (χ4v) is 7.93. The highest BCUT2D eigenvalue weighted by Crippen LogP contribution is 2.41. The predicted molar refractivity (Wildman–Crippen MR) is 211 cm³/mol. The molecule has 8 aromatic carbocycles. The van der Waals surface area contributed by atoms with E-state index in [4.69, 9.17) is 0 Å². The summed E-state index contributed by atoms with van der Waals surface area (Å²) in [5.74, 6) is 0. The molecule has 0 saturated heterocycles.